The zero-order chi connectivity index (χ0) is 15.5. The first kappa shape index (κ1) is 15.6. The number of carboxylic acid groups (broad SMARTS) is 1. The Labute approximate surface area is 124 Å². The molecule has 0 saturated carbocycles. The third-order valence-corrected chi connectivity index (χ3v) is 5.48. The maximum absolute atomic E-state index is 12.0. The molecule has 114 valence electrons. The van der Waals surface area contributed by atoms with Gasteiger partial charge in [0.05, 0.1) is 6.42 Å². The Kier molecular flexibility index (Phi) is 4.70. The van der Waals surface area contributed by atoms with E-state index in [1.165, 1.54) is 12.1 Å². The van der Waals surface area contributed by atoms with Gasteiger partial charge in [-0.1, -0.05) is 5.16 Å². The van der Waals surface area contributed by atoms with Crippen LogP contribution in [-0.4, -0.2) is 36.2 Å². The van der Waals surface area contributed by atoms with Crippen molar-refractivity contribution in [1.82, 2.24) is 14.9 Å². The molecule has 0 atom stereocenters. The van der Waals surface area contributed by atoms with Crippen molar-refractivity contribution in [3.05, 3.63) is 28.7 Å². The van der Waals surface area contributed by atoms with Crippen molar-refractivity contribution >= 4 is 27.3 Å². The molecule has 2 N–H and O–H groups in total. The maximum Gasteiger partial charge on any atom is 0.308 e. The lowest BCUT2D eigenvalue weighted by atomic mass is 10.3. The first-order valence-electron chi connectivity index (χ1n) is 5.96. The molecule has 0 aliphatic heterocycles. The molecule has 0 fully saturated rings. The molecule has 2 heterocycles. The Balaban J connectivity index is 1.94. The van der Waals surface area contributed by atoms with Crippen LogP contribution in [0.1, 0.15) is 16.6 Å². The third-order valence-electron chi connectivity index (χ3n) is 2.44. The lowest BCUT2D eigenvalue weighted by Crippen LogP contribution is -2.25. The van der Waals surface area contributed by atoms with E-state index in [0.717, 1.165) is 11.3 Å². The van der Waals surface area contributed by atoms with Crippen LogP contribution in [0.15, 0.2) is 20.9 Å². The van der Waals surface area contributed by atoms with Gasteiger partial charge in [-0.2, -0.15) is 4.98 Å². The molecule has 0 saturated heterocycles. The summed E-state index contributed by atoms with van der Waals surface area (Å²) >= 11 is 0.937. The van der Waals surface area contributed by atoms with Crippen molar-refractivity contribution in [2.45, 2.75) is 24.0 Å². The smallest absolute Gasteiger partial charge is 0.308 e. The molecular formula is C11H13N3O5S2. The highest BCUT2D eigenvalue weighted by molar-refractivity contribution is 7.91. The lowest BCUT2D eigenvalue weighted by Gasteiger charge is -2.02. The average Bonchev–Trinajstić information content (AvgIpc) is 2.98. The summed E-state index contributed by atoms with van der Waals surface area (Å²) in [6.07, 6.45) is 0.117. The summed E-state index contributed by atoms with van der Waals surface area (Å²) in [5.74, 6) is -0.154. The number of sulfonamides is 1. The lowest BCUT2D eigenvalue weighted by molar-refractivity contribution is -0.136. The molecule has 0 bridgehead atoms. The monoisotopic (exact) mass is 331 g/mol. The second kappa shape index (κ2) is 6.33. The molecule has 21 heavy (non-hydrogen) atoms. The molecular weight excluding hydrogens is 318 g/mol. The van der Waals surface area contributed by atoms with Crippen molar-refractivity contribution in [1.29, 1.82) is 0 Å². The highest BCUT2D eigenvalue weighted by Gasteiger charge is 2.17. The van der Waals surface area contributed by atoms with Gasteiger partial charge in [0.1, 0.15) is 4.21 Å². The first-order valence-corrected chi connectivity index (χ1v) is 8.26. The van der Waals surface area contributed by atoms with Gasteiger partial charge in [0.25, 0.3) is 0 Å². The Bertz CT molecular complexity index is 735. The van der Waals surface area contributed by atoms with E-state index in [2.05, 4.69) is 14.9 Å². The van der Waals surface area contributed by atoms with Crippen LogP contribution < -0.4 is 4.72 Å². The van der Waals surface area contributed by atoms with E-state index in [9.17, 15) is 13.2 Å². The summed E-state index contributed by atoms with van der Waals surface area (Å²) in [5, 5.41) is 12.3. The summed E-state index contributed by atoms with van der Waals surface area (Å²) in [5.41, 5.74) is 0. The van der Waals surface area contributed by atoms with Crippen LogP contribution in [0.4, 0.5) is 0 Å². The number of hydrogen-bond acceptors (Lipinski definition) is 7. The predicted molar refractivity (Wildman–Crippen MR) is 73.6 cm³/mol. The minimum Gasteiger partial charge on any atom is -0.481 e. The minimum absolute atomic E-state index is 0.0862. The molecule has 8 nitrogen and oxygen atoms in total. The molecule has 0 aliphatic rings. The molecule has 10 heteroatoms. The molecule has 0 amide bonds. The Hall–Kier alpha value is -1.78. The number of carboxylic acids is 1. The Morgan fingerprint density at radius 2 is 2.24 bits per heavy atom. The highest BCUT2D eigenvalue weighted by Crippen LogP contribution is 2.21. The number of aromatic nitrogens is 2. The Morgan fingerprint density at radius 3 is 2.86 bits per heavy atom. The van der Waals surface area contributed by atoms with E-state index in [0.29, 0.717) is 23.0 Å². The van der Waals surface area contributed by atoms with Gasteiger partial charge in [-0.3, -0.25) is 4.79 Å². The number of thiophene rings is 1. The molecule has 0 spiro atoms. The standard InChI is InChI=1S/C11H13N3O5S2/c1-7-13-9(14-19-7)4-5-12-21(17,18)11-3-2-8(20-11)6-10(15)16/h2-3,12H,4-6H2,1H3,(H,15,16). The summed E-state index contributed by atoms with van der Waals surface area (Å²) in [6, 6.07) is 2.89. The van der Waals surface area contributed by atoms with E-state index in [4.69, 9.17) is 9.63 Å². The van der Waals surface area contributed by atoms with E-state index in [1.807, 2.05) is 0 Å². The zero-order valence-electron chi connectivity index (χ0n) is 11.1. The van der Waals surface area contributed by atoms with E-state index >= 15 is 0 Å². The van der Waals surface area contributed by atoms with Crippen molar-refractivity contribution < 1.29 is 22.8 Å². The number of hydrogen-bond donors (Lipinski definition) is 2. The van der Waals surface area contributed by atoms with Crippen molar-refractivity contribution in [3.8, 4) is 0 Å². The fourth-order valence-electron chi connectivity index (χ4n) is 1.56. The van der Waals surface area contributed by atoms with Gasteiger partial charge in [-0.05, 0) is 12.1 Å². The van der Waals surface area contributed by atoms with Gasteiger partial charge in [0, 0.05) is 24.8 Å². The van der Waals surface area contributed by atoms with E-state index in [1.54, 1.807) is 6.92 Å². The molecule has 0 radical (unpaired) electrons. The van der Waals surface area contributed by atoms with Crippen LogP contribution >= 0.6 is 11.3 Å². The summed E-state index contributed by atoms with van der Waals surface area (Å²) in [4.78, 5) is 15.0. The summed E-state index contributed by atoms with van der Waals surface area (Å²) in [6.45, 7) is 1.78. The SMILES string of the molecule is Cc1nc(CCNS(=O)(=O)c2ccc(CC(=O)O)s2)no1. The van der Waals surface area contributed by atoms with Gasteiger partial charge in [0.2, 0.25) is 15.9 Å². The van der Waals surface area contributed by atoms with Crippen LogP contribution in [0, 0.1) is 6.92 Å². The molecule has 2 aromatic rings. The number of carbonyl (C=O) groups is 1. The normalized spacial score (nSPS) is 11.7. The molecule has 0 aromatic carbocycles. The summed E-state index contributed by atoms with van der Waals surface area (Å²) < 4.78 is 31.3. The van der Waals surface area contributed by atoms with Crippen LogP contribution in [0.5, 0.6) is 0 Å². The van der Waals surface area contributed by atoms with Gasteiger partial charge in [-0.25, -0.2) is 13.1 Å². The van der Waals surface area contributed by atoms with Crippen molar-refractivity contribution in [2.24, 2.45) is 0 Å². The average molecular weight is 331 g/mol. The topological polar surface area (TPSA) is 122 Å². The van der Waals surface area contributed by atoms with Crippen LogP contribution in [0.2, 0.25) is 0 Å². The van der Waals surface area contributed by atoms with Gasteiger partial charge in [0.15, 0.2) is 5.82 Å². The molecule has 0 unspecified atom stereocenters. The number of nitrogens with one attached hydrogen (secondary N) is 1. The van der Waals surface area contributed by atoms with Crippen molar-refractivity contribution in [2.75, 3.05) is 6.54 Å². The third kappa shape index (κ3) is 4.34. The number of aliphatic carboxylic acids is 1. The second-order valence-electron chi connectivity index (χ2n) is 4.17. The fraction of sp³-hybridized carbons (Fsp3) is 0.364. The van der Waals surface area contributed by atoms with Crippen LogP contribution in [0.25, 0.3) is 0 Å². The maximum atomic E-state index is 12.0. The van der Waals surface area contributed by atoms with Crippen LogP contribution in [-0.2, 0) is 27.7 Å². The number of nitrogens with zero attached hydrogens (tertiary/aromatic N) is 2. The van der Waals surface area contributed by atoms with Crippen LogP contribution in [0.3, 0.4) is 0 Å². The molecule has 2 aromatic heterocycles. The first-order chi connectivity index (χ1) is 9.87. The highest BCUT2D eigenvalue weighted by atomic mass is 32.2. The molecule has 2 rings (SSSR count). The quantitative estimate of drug-likeness (QED) is 0.761. The second-order valence-corrected chi connectivity index (χ2v) is 7.33. The van der Waals surface area contributed by atoms with E-state index in [-0.39, 0.29) is 17.2 Å². The molecule has 0 aliphatic carbocycles. The Morgan fingerprint density at radius 1 is 1.48 bits per heavy atom. The number of rotatable bonds is 7. The predicted octanol–water partition coefficient (Wildman–Crippen LogP) is 0.588. The summed E-state index contributed by atoms with van der Waals surface area (Å²) in [7, 11) is -3.65. The van der Waals surface area contributed by atoms with Crippen molar-refractivity contribution in [3.63, 3.8) is 0 Å². The minimum atomic E-state index is -3.65. The largest absolute Gasteiger partial charge is 0.481 e. The van der Waals surface area contributed by atoms with Gasteiger partial charge in [-0.15, -0.1) is 11.3 Å². The fourth-order valence-corrected chi connectivity index (χ4v) is 3.98. The van der Waals surface area contributed by atoms with Gasteiger partial charge < -0.3 is 9.63 Å². The number of aryl methyl sites for hydroxylation is 1. The zero-order valence-corrected chi connectivity index (χ0v) is 12.7. The van der Waals surface area contributed by atoms with Gasteiger partial charge >= 0.3 is 5.97 Å². The van der Waals surface area contributed by atoms with E-state index < -0.39 is 16.0 Å².